The number of aromatic nitrogens is 2. The molecule has 0 fully saturated rings. The molecule has 1 heterocycles. The molecule has 1 unspecified atom stereocenters. The van der Waals surface area contributed by atoms with Crippen LogP contribution in [0.1, 0.15) is 28.9 Å². The molecule has 0 aliphatic carbocycles. The number of nitrogens with zero attached hydrogens (tertiary/aromatic N) is 1. The molecule has 0 radical (unpaired) electrons. The van der Waals surface area contributed by atoms with E-state index < -0.39 is 0 Å². The minimum atomic E-state index is -0.162. The second-order valence-electron chi connectivity index (χ2n) is 5.70. The Morgan fingerprint density at radius 3 is 2.58 bits per heavy atom. The Hall–Kier alpha value is -2.59. The molecule has 3 rings (SSSR count). The third-order valence-corrected chi connectivity index (χ3v) is 4.15. The molecule has 1 amide bonds. The summed E-state index contributed by atoms with van der Waals surface area (Å²) in [5.74, 6) is 0.0827. The Morgan fingerprint density at radius 1 is 1.17 bits per heavy atom. The third-order valence-electron chi connectivity index (χ3n) is 3.90. The number of benzene rings is 2. The Labute approximate surface area is 145 Å². The van der Waals surface area contributed by atoms with Crippen molar-refractivity contribution in [3.05, 3.63) is 76.9 Å². The molecular weight excluding hydrogens is 322 g/mol. The number of hydrogen-bond donors (Lipinski definition) is 2. The number of amides is 1. The summed E-state index contributed by atoms with van der Waals surface area (Å²) in [5.41, 5.74) is 3.27. The lowest BCUT2D eigenvalue weighted by Crippen LogP contribution is -2.27. The first-order valence-electron chi connectivity index (χ1n) is 7.78. The zero-order chi connectivity index (χ0) is 16.9. The normalized spacial score (nSPS) is 11.9. The van der Waals surface area contributed by atoms with E-state index in [1.807, 2.05) is 30.3 Å². The van der Waals surface area contributed by atoms with E-state index in [2.05, 4.69) is 34.6 Å². The van der Waals surface area contributed by atoms with Gasteiger partial charge in [0.05, 0.1) is 5.69 Å². The maximum Gasteiger partial charge on any atom is 0.269 e. The molecule has 0 saturated carbocycles. The van der Waals surface area contributed by atoms with Gasteiger partial charge < -0.3 is 5.32 Å². The van der Waals surface area contributed by atoms with Gasteiger partial charge in [-0.3, -0.25) is 9.89 Å². The number of rotatable bonds is 5. The summed E-state index contributed by atoms with van der Waals surface area (Å²) >= 11 is 5.88. The predicted molar refractivity (Wildman–Crippen MR) is 96.2 cm³/mol. The summed E-state index contributed by atoms with van der Waals surface area (Å²) in [4.78, 5) is 12.3. The van der Waals surface area contributed by atoms with E-state index in [0.29, 0.717) is 23.0 Å². The molecule has 3 aromatic rings. The Balaban J connectivity index is 1.63. The first-order chi connectivity index (χ1) is 11.6. The highest BCUT2D eigenvalue weighted by atomic mass is 35.5. The number of nitrogens with one attached hydrogen (secondary N) is 2. The zero-order valence-corrected chi connectivity index (χ0v) is 14.0. The van der Waals surface area contributed by atoms with Crippen molar-refractivity contribution in [1.29, 1.82) is 0 Å². The zero-order valence-electron chi connectivity index (χ0n) is 13.3. The summed E-state index contributed by atoms with van der Waals surface area (Å²) in [6, 6.07) is 19.2. The molecule has 5 heteroatoms. The van der Waals surface area contributed by atoms with Crippen molar-refractivity contribution in [3.63, 3.8) is 0 Å². The lowest BCUT2D eigenvalue weighted by Gasteiger charge is -2.12. The molecule has 24 heavy (non-hydrogen) atoms. The highest BCUT2D eigenvalue weighted by molar-refractivity contribution is 6.30. The predicted octanol–water partition coefficient (Wildman–Crippen LogP) is 4.26. The molecule has 2 N–H and O–H groups in total. The fourth-order valence-electron chi connectivity index (χ4n) is 2.45. The van der Waals surface area contributed by atoms with Crippen LogP contribution in [0.3, 0.4) is 0 Å². The summed E-state index contributed by atoms with van der Waals surface area (Å²) in [6.07, 6.45) is 0. The van der Waals surface area contributed by atoms with Gasteiger partial charge in [-0.2, -0.15) is 5.10 Å². The molecule has 0 aliphatic heterocycles. The van der Waals surface area contributed by atoms with Crippen LogP contribution >= 0.6 is 11.6 Å². The van der Waals surface area contributed by atoms with Gasteiger partial charge in [-0.05, 0) is 29.7 Å². The number of H-pyrrole nitrogens is 1. The van der Waals surface area contributed by atoms with E-state index in [1.165, 1.54) is 5.56 Å². The molecule has 1 aromatic heterocycles. The van der Waals surface area contributed by atoms with Crippen molar-refractivity contribution in [2.24, 2.45) is 0 Å². The van der Waals surface area contributed by atoms with Gasteiger partial charge in [0.25, 0.3) is 5.91 Å². The minimum absolute atomic E-state index is 0.162. The molecule has 4 nitrogen and oxygen atoms in total. The van der Waals surface area contributed by atoms with E-state index in [0.717, 1.165) is 5.56 Å². The molecule has 0 aliphatic rings. The van der Waals surface area contributed by atoms with Crippen LogP contribution in [-0.4, -0.2) is 22.6 Å². The number of hydrogen-bond acceptors (Lipinski definition) is 2. The maximum absolute atomic E-state index is 12.3. The average Bonchev–Trinajstić information content (AvgIpc) is 3.11. The van der Waals surface area contributed by atoms with Crippen molar-refractivity contribution < 1.29 is 4.79 Å². The van der Waals surface area contributed by atoms with E-state index in [-0.39, 0.29) is 11.8 Å². The van der Waals surface area contributed by atoms with Gasteiger partial charge >= 0.3 is 0 Å². The van der Waals surface area contributed by atoms with Gasteiger partial charge in [0.15, 0.2) is 0 Å². The van der Waals surface area contributed by atoms with E-state index in [1.54, 1.807) is 18.2 Å². The highest BCUT2D eigenvalue weighted by Crippen LogP contribution is 2.20. The number of aromatic amines is 1. The van der Waals surface area contributed by atoms with E-state index in [9.17, 15) is 4.79 Å². The summed E-state index contributed by atoms with van der Waals surface area (Å²) in [7, 11) is 0. The van der Waals surface area contributed by atoms with Crippen molar-refractivity contribution in [2.75, 3.05) is 6.54 Å². The summed E-state index contributed by atoms with van der Waals surface area (Å²) in [5, 5.41) is 10.6. The number of halogens is 1. The van der Waals surface area contributed by atoms with E-state index >= 15 is 0 Å². The first kappa shape index (κ1) is 16.3. The van der Waals surface area contributed by atoms with Crippen LogP contribution in [0.4, 0.5) is 0 Å². The molecule has 0 spiro atoms. The minimum Gasteiger partial charge on any atom is -0.350 e. The van der Waals surface area contributed by atoms with Crippen LogP contribution in [0, 0.1) is 0 Å². The lowest BCUT2D eigenvalue weighted by atomic mass is 10.0. The van der Waals surface area contributed by atoms with Crippen LogP contribution in [0.25, 0.3) is 11.3 Å². The molecule has 2 aromatic carbocycles. The first-order valence-corrected chi connectivity index (χ1v) is 8.16. The molecule has 0 saturated heterocycles. The van der Waals surface area contributed by atoms with Crippen LogP contribution in [0.5, 0.6) is 0 Å². The third kappa shape index (κ3) is 3.84. The molecular formula is C19H18ClN3O. The smallest absolute Gasteiger partial charge is 0.269 e. The van der Waals surface area contributed by atoms with E-state index in [4.69, 9.17) is 11.6 Å². The molecule has 0 bridgehead atoms. The van der Waals surface area contributed by atoms with Crippen molar-refractivity contribution in [2.45, 2.75) is 12.8 Å². The summed E-state index contributed by atoms with van der Waals surface area (Å²) < 4.78 is 0. The van der Waals surface area contributed by atoms with Crippen molar-refractivity contribution in [1.82, 2.24) is 15.5 Å². The van der Waals surface area contributed by atoms with Crippen molar-refractivity contribution >= 4 is 17.5 Å². The average molecular weight is 340 g/mol. The molecule has 122 valence electrons. The Bertz CT molecular complexity index is 812. The lowest BCUT2D eigenvalue weighted by molar-refractivity contribution is 0.0946. The van der Waals surface area contributed by atoms with Gasteiger partial charge in [0.1, 0.15) is 5.69 Å². The van der Waals surface area contributed by atoms with Crippen LogP contribution in [0.15, 0.2) is 60.7 Å². The second-order valence-corrected chi connectivity index (χ2v) is 6.13. The van der Waals surface area contributed by atoms with Gasteiger partial charge in [0, 0.05) is 17.1 Å². The maximum atomic E-state index is 12.3. The highest BCUT2D eigenvalue weighted by Gasteiger charge is 2.12. The Kier molecular flexibility index (Phi) is 4.96. The van der Waals surface area contributed by atoms with Gasteiger partial charge in [-0.25, -0.2) is 0 Å². The van der Waals surface area contributed by atoms with Crippen LogP contribution in [-0.2, 0) is 0 Å². The van der Waals surface area contributed by atoms with Crippen LogP contribution in [0.2, 0.25) is 5.02 Å². The summed E-state index contributed by atoms with van der Waals surface area (Å²) in [6.45, 7) is 2.65. The quantitative estimate of drug-likeness (QED) is 0.729. The number of carbonyl (C=O) groups excluding carboxylic acids is 1. The SMILES string of the molecule is CC(CNC(=O)c1cc(-c2ccc(Cl)cc2)n[nH]1)c1ccccc1. The van der Waals surface area contributed by atoms with Gasteiger partial charge in [-0.15, -0.1) is 0 Å². The second kappa shape index (κ2) is 7.32. The van der Waals surface area contributed by atoms with Crippen molar-refractivity contribution in [3.8, 4) is 11.3 Å². The molecule has 1 atom stereocenters. The monoisotopic (exact) mass is 339 g/mol. The largest absolute Gasteiger partial charge is 0.350 e. The van der Waals surface area contributed by atoms with Crippen LogP contribution < -0.4 is 5.32 Å². The standard InChI is InChI=1S/C19H18ClN3O/c1-13(14-5-3-2-4-6-14)12-21-19(24)18-11-17(22-23-18)15-7-9-16(20)10-8-15/h2-11,13H,12H2,1H3,(H,21,24)(H,22,23). The van der Waals surface area contributed by atoms with Gasteiger partial charge in [-0.1, -0.05) is 61.0 Å². The topological polar surface area (TPSA) is 57.8 Å². The van der Waals surface area contributed by atoms with Gasteiger partial charge in [0.2, 0.25) is 0 Å². The Morgan fingerprint density at radius 2 is 1.88 bits per heavy atom. The number of carbonyl (C=O) groups is 1. The fraction of sp³-hybridized carbons (Fsp3) is 0.158. The fourth-order valence-corrected chi connectivity index (χ4v) is 2.57.